The molecule has 1 aliphatic carbocycles. The summed E-state index contributed by atoms with van der Waals surface area (Å²) < 4.78 is 28.0. The maximum Gasteiger partial charge on any atom is 0.310 e. The minimum atomic E-state index is -0.564. The van der Waals surface area contributed by atoms with Gasteiger partial charge in [0.25, 0.3) is 0 Å². The molecule has 2 heterocycles. The summed E-state index contributed by atoms with van der Waals surface area (Å²) in [4.78, 5) is 36.9. The fourth-order valence-electron chi connectivity index (χ4n) is 6.52. The highest BCUT2D eigenvalue weighted by Gasteiger charge is 2.52. The highest BCUT2D eigenvalue weighted by molar-refractivity contribution is 5.91. The van der Waals surface area contributed by atoms with Crippen molar-refractivity contribution < 1.29 is 48.4 Å². The van der Waals surface area contributed by atoms with Gasteiger partial charge in [-0.15, -0.1) is 0 Å². The Kier molecular flexibility index (Phi) is 8.75. The van der Waals surface area contributed by atoms with Crippen LogP contribution in [0.4, 0.5) is 11.4 Å². The molecule has 3 aliphatic rings. The molecule has 46 heavy (non-hydrogen) atoms. The first-order valence-electron chi connectivity index (χ1n) is 15.0. The van der Waals surface area contributed by atoms with E-state index in [9.17, 15) is 19.5 Å². The maximum atomic E-state index is 13.4. The molecule has 13 heteroatoms. The number of benzene rings is 3. The highest BCUT2D eigenvalue weighted by atomic mass is 16.7. The van der Waals surface area contributed by atoms with E-state index < -0.39 is 17.7 Å². The zero-order valence-corrected chi connectivity index (χ0v) is 25.3. The van der Waals surface area contributed by atoms with Crippen molar-refractivity contribution in [3.05, 3.63) is 65.2 Å². The van der Waals surface area contributed by atoms with Crippen LogP contribution in [0.15, 0.2) is 48.5 Å². The number of aromatic hydroxyl groups is 1. The van der Waals surface area contributed by atoms with E-state index in [4.69, 9.17) is 28.9 Å². The van der Waals surface area contributed by atoms with Crippen molar-refractivity contribution in [1.82, 2.24) is 5.48 Å². The van der Waals surface area contributed by atoms with Crippen LogP contribution >= 0.6 is 0 Å². The first-order valence-corrected chi connectivity index (χ1v) is 15.0. The van der Waals surface area contributed by atoms with Gasteiger partial charge in [-0.1, -0.05) is 0 Å². The number of phenolic OH excluding ortho intramolecular Hbond substituents is 1. The van der Waals surface area contributed by atoms with Gasteiger partial charge in [0.2, 0.25) is 24.4 Å². The molecule has 0 bridgehead atoms. The van der Waals surface area contributed by atoms with Crippen LogP contribution < -0.4 is 35.1 Å². The number of fused-ring (bicyclic) bond motifs is 3. The molecule has 242 valence electrons. The van der Waals surface area contributed by atoms with E-state index in [0.29, 0.717) is 30.0 Å². The Labute approximate surface area is 264 Å². The van der Waals surface area contributed by atoms with E-state index >= 15 is 0 Å². The minimum Gasteiger partial charge on any atom is -0.502 e. The largest absolute Gasteiger partial charge is 0.502 e. The summed E-state index contributed by atoms with van der Waals surface area (Å²) in [5, 5.41) is 25.6. The average molecular weight is 634 g/mol. The van der Waals surface area contributed by atoms with Gasteiger partial charge in [-0.25, -0.2) is 5.48 Å². The lowest BCUT2D eigenvalue weighted by molar-refractivity contribution is -0.141. The zero-order valence-electron chi connectivity index (χ0n) is 25.3. The molecule has 0 unspecified atom stereocenters. The number of hydrogen-bond donors (Lipinski definition) is 5. The number of anilines is 2. The number of cyclic esters (lactones) is 1. The number of ether oxygens (including phenoxy) is 5. The van der Waals surface area contributed by atoms with Crippen molar-refractivity contribution in [1.29, 1.82) is 0 Å². The second-order valence-electron chi connectivity index (χ2n) is 11.4. The summed E-state index contributed by atoms with van der Waals surface area (Å²) >= 11 is 0. The van der Waals surface area contributed by atoms with Crippen molar-refractivity contribution in [2.24, 2.45) is 11.8 Å². The molecule has 6 rings (SSSR count). The lowest BCUT2D eigenvalue weighted by atomic mass is 9.65. The van der Waals surface area contributed by atoms with Crippen molar-refractivity contribution in [3.63, 3.8) is 0 Å². The summed E-state index contributed by atoms with van der Waals surface area (Å²) in [5.74, 6) is -0.784. The Morgan fingerprint density at radius 1 is 0.870 bits per heavy atom. The second-order valence-corrected chi connectivity index (χ2v) is 11.4. The number of rotatable bonds is 11. The molecule has 4 atom stereocenters. The van der Waals surface area contributed by atoms with Crippen molar-refractivity contribution in [2.75, 3.05) is 38.3 Å². The summed E-state index contributed by atoms with van der Waals surface area (Å²) in [5.41, 5.74) is 5.44. The molecular weight excluding hydrogens is 598 g/mol. The third kappa shape index (κ3) is 5.93. The molecule has 5 N–H and O–H groups in total. The Balaban J connectivity index is 1.28. The fraction of sp³-hybridized carbons (Fsp3) is 0.364. The third-order valence-electron chi connectivity index (χ3n) is 8.72. The normalized spacial score (nSPS) is 20.6. The molecule has 3 aromatic carbocycles. The van der Waals surface area contributed by atoms with Crippen molar-refractivity contribution in [2.45, 2.75) is 37.6 Å². The van der Waals surface area contributed by atoms with E-state index in [1.807, 2.05) is 24.3 Å². The molecule has 0 spiro atoms. The molecule has 1 fully saturated rings. The summed E-state index contributed by atoms with van der Waals surface area (Å²) in [6.45, 7) is 0.286. The summed E-state index contributed by atoms with van der Waals surface area (Å²) in [7, 11) is 2.91. The van der Waals surface area contributed by atoms with Gasteiger partial charge in [0.15, 0.2) is 23.0 Å². The molecule has 0 aromatic heterocycles. The first kappa shape index (κ1) is 30.8. The lowest BCUT2D eigenvalue weighted by Crippen LogP contribution is -2.37. The van der Waals surface area contributed by atoms with Crippen LogP contribution in [-0.4, -0.2) is 55.7 Å². The van der Waals surface area contributed by atoms with Crippen LogP contribution in [0.5, 0.6) is 28.7 Å². The maximum absolute atomic E-state index is 13.4. The third-order valence-corrected chi connectivity index (χ3v) is 8.72. The van der Waals surface area contributed by atoms with Gasteiger partial charge < -0.3 is 39.4 Å². The smallest absolute Gasteiger partial charge is 0.310 e. The quantitative estimate of drug-likeness (QED) is 0.0885. The van der Waals surface area contributed by atoms with Crippen LogP contribution in [-0.2, 0) is 19.1 Å². The number of carbonyl (C=O) groups is 3. The van der Waals surface area contributed by atoms with E-state index in [-0.39, 0.29) is 67.3 Å². The Morgan fingerprint density at radius 2 is 1.48 bits per heavy atom. The molecule has 13 nitrogen and oxygen atoms in total. The summed E-state index contributed by atoms with van der Waals surface area (Å²) in [6, 6.07) is 14.2. The second kappa shape index (κ2) is 13.1. The Morgan fingerprint density at radius 3 is 2.11 bits per heavy atom. The van der Waals surface area contributed by atoms with E-state index in [1.54, 1.807) is 29.7 Å². The number of esters is 1. The standard InChI is InChI=1S/C33H35N3O10/c1-42-25-11-17(12-26(43-2)32(25)39)29-20-13-23-24(46-16-45-23)14-21(20)31(22-15-44-33(40)30(22)29)35-19-9-7-18(8-10-19)34-27(37)5-3-4-6-28(38)36-41/h7-14,22,29-31,35,39,41H,3-6,15-16H2,1-2H3,(H,34,37)(H,36,38)/t22-,29+,30-,31+/m0/s1. The van der Waals surface area contributed by atoms with Crippen molar-refractivity contribution >= 4 is 29.2 Å². The average Bonchev–Trinajstić information content (AvgIpc) is 3.69. The molecular formula is C33H35N3O10. The van der Waals surface area contributed by atoms with Gasteiger partial charge in [-0.05, 0) is 78.1 Å². The molecule has 1 saturated heterocycles. The van der Waals surface area contributed by atoms with Crippen LogP contribution in [0.1, 0.15) is 54.3 Å². The van der Waals surface area contributed by atoms with E-state index in [1.165, 1.54) is 14.2 Å². The fourth-order valence-corrected chi connectivity index (χ4v) is 6.52. The zero-order chi connectivity index (χ0) is 32.4. The number of hydrogen-bond acceptors (Lipinski definition) is 11. The van der Waals surface area contributed by atoms with Crippen LogP contribution in [0.25, 0.3) is 0 Å². The molecule has 0 saturated carbocycles. The molecule has 0 radical (unpaired) electrons. The van der Waals surface area contributed by atoms with Gasteiger partial charge >= 0.3 is 5.97 Å². The molecule has 2 aliphatic heterocycles. The van der Waals surface area contributed by atoms with Crippen molar-refractivity contribution in [3.8, 4) is 28.7 Å². The van der Waals surface area contributed by atoms with Gasteiger partial charge in [-0.2, -0.15) is 0 Å². The van der Waals surface area contributed by atoms with Gasteiger partial charge in [0.05, 0.1) is 32.8 Å². The number of nitrogens with one attached hydrogen (secondary N) is 3. The topological polar surface area (TPSA) is 174 Å². The predicted octanol–water partition coefficient (Wildman–Crippen LogP) is 4.23. The van der Waals surface area contributed by atoms with Gasteiger partial charge in [0.1, 0.15) is 0 Å². The number of hydroxylamine groups is 1. The highest BCUT2D eigenvalue weighted by Crippen LogP contribution is 2.56. The number of amides is 2. The van der Waals surface area contributed by atoms with Crippen LogP contribution in [0, 0.1) is 11.8 Å². The van der Waals surface area contributed by atoms with Gasteiger partial charge in [-0.3, -0.25) is 19.6 Å². The Bertz CT molecular complexity index is 1620. The number of methoxy groups -OCH3 is 2. The van der Waals surface area contributed by atoms with Crippen LogP contribution in [0.3, 0.4) is 0 Å². The van der Waals surface area contributed by atoms with E-state index in [2.05, 4.69) is 10.6 Å². The number of phenols is 1. The SMILES string of the molecule is COc1cc([C@@H]2c3cc4c(cc3[C@@H](Nc3ccc(NC(=O)CCCCC(=O)NO)cc3)[C@H]3COC(=O)[C@H]23)OCO4)cc(OC)c1O. The number of unbranched alkanes of at least 4 members (excludes halogenated alkanes) is 1. The summed E-state index contributed by atoms with van der Waals surface area (Å²) in [6.07, 6.45) is 1.37. The van der Waals surface area contributed by atoms with Crippen LogP contribution in [0.2, 0.25) is 0 Å². The van der Waals surface area contributed by atoms with Gasteiger partial charge in [0, 0.05) is 36.1 Å². The van der Waals surface area contributed by atoms with E-state index in [0.717, 1.165) is 22.4 Å². The monoisotopic (exact) mass is 633 g/mol. The minimum absolute atomic E-state index is 0.0852. The molecule has 3 aromatic rings. The molecule has 2 amide bonds. The number of carbonyl (C=O) groups excluding carboxylic acids is 3. The predicted molar refractivity (Wildman–Crippen MR) is 163 cm³/mol. The first-order chi connectivity index (χ1) is 22.3. The lowest BCUT2D eigenvalue weighted by Gasteiger charge is -2.40. The Hall–Kier alpha value is -5.17.